The Kier molecular flexibility index (Phi) is 5.58. The summed E-state index contributed by atoms with van der Waals surface area (Å²) in [5.74, 6) is -1.37. The fourth-order valence-electron chi connectivity index (χ4n) is 2.20. The molecule has 0 aromatic heterocycles. The summed E-state index contributed by atoms with van der Waals surface area (Å²) in [6.07, 6.45) is -0.0758. The zero-order chi connectivity index (χ0) is 18.6. The van der Waals surface area contributed by atoms with Crippen LogP contribution < -0.4 is 5.32 Å². The highest BCUT2D eigenvalue weighted by Crippen LogP contribution is 2.17. The van der Waals surface area contributed by atoms with Crippen molar-refractivity contribution in [2.45, 2.75) is 24.8 Å². The Bertz CT molecular complexity index is 905. The average molecular weight is 361 g/mol. The molecule has 0 fully saturated rings. The lowest BCUT2D eigenvalue weighted by atomic mass is 10.2. The normalized spacial score (nSPS) is 12.3. The van der Waals surface area contributed by atoms with Gasteiger partial charge in [-0.3, -0.25) is 4.79 Å². The van der Waals surface area contributed by atoms with Gasteiger partial charge in [0.25, 0.3) is 5.91 Å². The number of hydrogen-bond donors (Lipinski definition) is 1. The van der Waals surface area contributed by atoms with Crippen LogP contribution in [0.2, 0.25) is 0 Å². The molecule has 2 rings (SSSR count). The number of carbonyl (C=O) groups is 2. The number of carbonyl (C=O) groups excluding carboxylic acids is 2. The van der Waals surface area contributed by atoms with E-state index in [0.29, 0.717) is 5.69 Å². The van der Waals surface area contributed by atoms with Crippen molar-refractivity contribution in [2.75, 3.05) is 11.6 Å². The minimum Gasteiger partial charge on any atom is -0.449 e. The van der Waals surface area contributed by atoms with Gasteiger partial charge in [-0.25, -0.2) is 13.2 Å². The van der Waals surface area contributed by atoms with E-state index in [1.54, 1.807) is 18.2 Å². The number of nitrogens with one attached hydrogen (secondary N) is 1. The number of hydrogen-bond acceptors (Lipinski definition) is 5. The van der Waals surface area contributed by atoms with Crippen LogP contribution in [-0.4, -0.2) is 32.7 Å². The van der Waals surface area contributed by atoms with Gasteiger partial charge in [0.05, 0.1) is 10.5 Å². The van der Waals surface area contributed by atoms with Gasteiger partial charge in [0, 0.05) is 11.9 Å². The van der Waals surface area contributed by atoms with Gasteiger partial charge < -0.3 is 10.1 Å². The Balaban J connectivity index is 2.11. The van der Waals surface area contributed by atoms with E-state index in [9.17, 15) is 18.0 Å². The maximum absolute atomic E-state index is 12.3. The lowest BCUT2D eigenvalue weighted by Gasteiger charge is -2.15. The van der Waals surface area contributed by atoms with Gasteiger partial charge in [-0.15, -0.1) is 0 Å². The number of amides is 1. The summed E-state index contributed by atoms with van der Waals surface area (Å²) >= 11 is 0. The minimum absolute atomic E-state index is 0.0970. The summed E-state index contributed by atoms with van der Waals surface area (Å²) in [7, 11) is -3.59. The third-order valence-corrected chi connectivity index (χ3v) is 4.60. The van der Waals surface area contributed by atoms with Crippen molar-refractivity contribution in [1.82, 2.24) is 0 Å². The number of anilines is 1. The molecule has 0 saturated heterocycles. The van der Waals surface area contributed by atoms with Gasteiger partial charge in [0.1, 0.15) is 0 Å². The predicted molar refractivity (Wildman–Crippen MR) is 94.2 cm³/mol. The van der Waals surface area contributed by atoms with Crippen LogP contribution in [0.1, 0.15) is 22.8 Å². The first-order valence-electron chi connectivity index (χ1n) is 7.56. The number of benzene rings is 2. The Morgan fingerprint density at radius 3 is 2.40 bits per heavy atom. The van der Waals surface area contributed by atoms with E-state index in [0.717, 1.165) is 11.8 Å². The highest BCUT2D eigenvalue weighted by molar-refractivity contribution is 7.90. The van der Waals surface area contributed by atoms with Crippen molar-refractivity contribution < 1.29 is 22.7 Å². The van der Waals surface area contributed by atoms with Crippen LogP contribution in [0.4, 0.5) is 5.69 Å². The van der Waals surface area contributed by atoms with Gasteiger partial charge in [-0.2, -0.15) is 0 Å². The van der Waals surface area contributed by atoms with Crippen LogP contribution in [-0.2, 0) is 19.4 Å². The molecule has 1 atom stereocenters. The first kappa shape index (κ1) is 18.7. The molecule has 2 aromatic carbocycles. The second-order valence-electron chi connectivity index (χ2n) is 5.67. The molecule has 0 aliphatic rings. The van der Waals surface area contributed by atoms with E-state index in [4.69, 9.17) is 4.74 Å². The quantitative estimate of drug-likeness (QED) is 0.827. The molecule has 7 heteroatoms. The maximum atomic E-state index is 12.3. The minimum atomic E-state index is -3.59. The summed E-state index contributed by atoms with van der Waals surface area (Å²) in [5.41, 5.74) is 1.47. The molecule has 0 radical (unpaired) electrons. The van der Waals surface area contributed by atoms with Crippen LogP contribution >= 0.6 is 0 Å². The Morgan fingerprint density at radius 2 is 1.76 bits per heavy atom. The van der Waals surface area contributed by atoms with Crippen molar-refractivity contribution in [2.24, 2.45) is 0 Å². The van der Waals surface area contributed by atoms with E-state index in [2.05, 4.69) is 5.32 Å². The maximum Gasteiger partial charge on any atom is 0.340 e. The van der Waals surface area contributed by atoms with Gasteiger partial charge >= 0.3 is 5.97 Å². The van der Waals surface area contributed by atoms with E-state index in [1.165, 1.54) is 31.2 Å². The molecule has 0 bridgehead atoms. The molecule has 2 aromatic rings. The highest BCUT2D eigenvalue weighted by Gasteiger charge is 2.23. The molecule has 132 valence electrons. The number of rotatable bonds is 5. The lowest BCUT2D eigenvalue weighted by Crippen LogP contribution is -2.30. The Hall–Kier alpha value is -2.67. The van der Waals surface area contributed by atoms with Crippen molar-refractivity contribution in [3.63, 3.8) is 0 Å². The smallest absolute Gasteiger partial charge is 0.340 e. The Labute approximate surface area is 146 Å². The molecule has 0 unspecified atom stereocenters. The molecular formula is C18H19NO5S. The molecule has 0 aliphatic carbocycles. The van der Waals surface area contributed by atoms with Gasteiger partial charge in [-0.1, -0.05) is 24.3 Å². The standard InChI is InChI=1S/C18H19NO5S/c1-12-7-6-8-14(11-12)19-17(20)13(2)24-18(21)15-9-4-5-10-16(15)25(3,22)23/h4-11,13H,1-3H3,(H,19,20)/t13-/m1/s1. The van der Waals surface area contributed by atoms with E-state index in [-0.39, 0.29) is 10.5 Å². The summed E-state index contributed by atoms with van der Waals surface area (Å²) < 4.78 is 28.6. The van der Waals surface area contributed by atoms with Crippen LogP contribution in [0.5, 0.6) is 0 Å². The summed E-state index contributed by atoms with van der Waals surface area (Å²) in [6.45, 7) is 3.31. The van der Waals surface area contributed by atoms with Crippen molar-refractivity contribution in [1.29, 1.82) is 0 Å². The summed E-state index contributed by atoms with van der Waals surface area (Å²) in [5, 5.41) is 2.65. The topological polar surface area (TPSA) is 89.5 Å². The third kappa shape index (κ3) is 4.90. The third-order valence-electron chi connectivity index (χ3n) is 3.45. The van der Waals surface area contributed by atoms with Gasteiger partial charge in [0.15, 0.2) is 15.9 Å². The molecule has 1 amide bonds. The number of aryl methyl sites for hydroxylation is 1. The zero-order valence-corrected chi connectivity index (χ0v) is 15.0. The van der Waals surface area contributed by atoms with Crippen LogP contribution in [0.25, 0.3) is 0 Å². The second-order valence-corrected chi connectivity index (χ2v) is 7.66. The number of esters is 1. The van der Waals surface area contributed by atoms with Crippen LogP contribution in [0.3, 0.4) is 0 Å². The molecule has 1 N–H and O–H groups in total. The van der Waals surface area contributed by atoms with Crippen molar-refractivity contribution in [3.8, 4) is 0 Å². The van der Waals surface area contributed by atoms with E-state index < -0.39 is 27.8 Å². The van der Waals surface area contributed by atoms with Crippen molar-refractivity contribution in [3.05, 3.63) is 59.7 Å². The monoisotopic (exact) mass is 361 g/mol. The first-order chi connectivity index (χ1) is 11.7. The lowest BCUT2D eigenvalue weighted by molar-refractivity contribution is -0.123. The van der Waals surface area contributed by atoms with Gasteiger partial charge in [-0.05, 0) is 43.7 Å². The summed E-state index contributed by atoms with van der Waals surface area (Å²) in [6, 6.07) is 12.9. The Morgan fingerprint density at radius 1 is 1.08 bits per heavy atom. The fourth-order valence-corrected chi connectivity index (χ4v) is 3.08. The van der Waals surface area contributed by atoms with Crippen LogP contribution in [0.15, 0.2) is 53.4 Å². The molecule has 0 heterocycles. The molecule has 0 aliphatic heterocycles. The largest absolute Gasteiger partial charge is 0.449 e. The molecule has 0 saturated carbocycles. The van der Waals surface area contributed by atoms with Crippen molar-refractivity contribution >= 4 is 27.4 Å². The molecule has 0 spiro atoms. The molecule has 6 nitrogen and oxygen atoms in total. The second kappa shape index (κ2) is 7.48. The average Bonchev–Trinajstić information content (AvgIpc) is 2.54. The summed E-state index contributed by atoms with van der Waals surface area (Å²) in [4.78, 5) is 24.3. The number of sulfone groups is 1. The fraction of sp³-hybridized carbons (Fsp3) is 0.222. The predicted octanol–water partition coefficient (Wildman–Crippen LogP) is 2.58. The van der Waals surface area contributed by atoms with Gasteiger partial charge in [0.2, 0.25) is 0 Å². The zero-order valence-electron chi connectivity index (χ0n) is 14.1. The van der Waals surface area contributed by atoms with E-state index in [1.807, 2.05) is 13.0 Å². The van der Waals surface area contributed by atoms with Crippen LogP contribution in [0, 0.1) is 6.92 Å². The highest BCUT2D eigenvalue weighted by atomic mass is 32.2. The molecule has 25 heavy (non-hydrogen) atoms. The number of ether oxygens (including phenoxy) is 1. The SMILES string of the molecule is Cc1cccc(NC(=O)[C@@H](C)OC(=O)c2ccccc2S(C)(=O)=O)c1. The molecular weight excluding hydrogens is 342 g/mol. The van der Waals surface area contributed by atoms with E-state index >= 15 is 0 Å². The first-order valence-corrected chi connectivity index (χ1v) is 9.45.